The minimum atomic E-state index is -3.17. The zero-order valence-electron chi connectivity index (χ0n) is 11.7. The fraction of sp³-hybridized carbons (Fsp3) is 0.571. The quantitative estimate of drug-likeness (QED) is 0.709. The predicted octanol–water partition coefficient (Wildman–Crippen LogP) is 3.70. The van der Waals surface area contributed by atoms with Crippen molar-refractivity contribution in [2.45, 2.75) is 40.5 Å². The third kappa shape index (κ3) is 3.44. The molecule has 102 valence electrons. The van der Waals surface area contributed by atoms with E-state index in [9.17, 15) is 4.57 Å². The van der Waals surface area contributed by atoms with Crippen LogP contribution in [-0.2, 0) is 26.5 Å². The van der Waals surface area contributed by atoms with E-state index in [-0.39, 0.29) is 0 Å². The molecule has 0 aliphatic carbocycles. The molecule has 0 spiro atoms. The van der Waals surface area contributed by atoms with Crippen molar-refractivity contribution in [2.75, 3.05) is 13.2 Å². The lowest BCUT2D eigenvalue weighted by molar-refractivity contribution is 0.229. The van der Waals surface area contributed by atoms with Crippen LogP contribution in [0.25, 0.3) is 0 Å². The van der Waals surface area contributed by atoms with E-state index in [0.29, 0.717) is 13.2 Å². The molecule has 1 aromatic carbocycles. The van der Waals surface area contributed by atoms with Crippen LogP contribution in [0.3, 0.4) is 0 Å². The third-order valence-electron chi connectivity index (χ3n) is 2.83. The van der Waals surface area contributed by atoms with Gasteiger partial charge in [-0.3, -0.25) is 4.57 Å². The predicted molar refractivity (Wildman–Crippen MR) is 75.7 cm³/mol. The Labute approximate surface area is 110 Å². The van der Waals surface area contributed by atoms with Crippen LogP contribution in [0.15, 0.2) is 18.2 Å². The maximum absolute atomic E-state index is 12.8. The second-order valence-electron chi connectivity index (χ2n) is 4.00. The fourth-order valence-electron chi connectivity index (χ4n) is 1.90. The van der Waals surface area contributed by atoms with Gasteiger partial charge in [0.25, 0.3) is 0 Å². The monoisotopic (exact) mass is 270 g/mol. The Morgan fingerprint density at radius 1 is 1.00 bits per heavy atom. The largest absolute Gasteiger partial charge is 0.361 e. The normalized spacial score (nSPS) is 11.8. The molecule has 0 aliphatic heterocycles. The first kappa shape index (κ1) is 15.4. The van der Waals surface area contributed by atoms with Gasteiger partial charge in [0.2, 0.25) is 0 Å². The molecule has 18 heavy (non-hydrogen) atoms. The zero-order valence-corrected chi connectivity index (χ0v) is 12.6. The highest BCUT2D eigenvalue weighted by atomic mass is 31.2. The number of aryl methyl sites for hydroxylation is 2. The average molecular weight is 270 g/mol. The summed E-state index contributed by atoms with van der Waals surface area (Å²) < 4.78 is 23.7. The molecule has 0 atom stereocenters. The van der Waals surface area contributed by atoms with E-state index in [1.54, 1.807) is 0 Å². The van der Waals surface area contributed by atoms with Gasteiger partial charge in [0.1, 0.15) is 0 Å². The SMILES string of the molecule is CCOP(=O)(OCC)c1cc(CC)ccc1CC. The highest BCUT2D eigenvalue weighted by molar-refractivity contribution is 7.62. The van der Waals surface area contributed by atoms with Gasteiger partial charge in [-0.2, -0.15) is 0 Å². The van der Waals surface area contributed by atoms with Gasteiger partial charge < -0.3 is 9.05 Å². The molecular formula is C14H23O3P. The van der Waals surface area contributed by atoms with Crippen molar-refractivity contribution in [1.29, 1.82) is 0 Å². The first-order valence-corrected chi connectivity index (χ1v) is 8.16. The molecule has 0 aromatic heterocycles. The molecule has 4 heteroatoms. The van der Waals surface area contributed by atoms with Crippen molar-refractivity contribution in [3.63, 3.8) is 0 Å². The molecule has 0 fully saturated rings. The summed E-state index contributed by atoms with van der Waals surface area (Å²) in [6, 6.07) is 6.06. The molecule has 0 bridgehead atoms. The van der Waals surface area contributed by atoms with Gasteiger partial charge in [-0.05, 0) is 43.9 Å². The molecule has 1 aromatic rings. The van der Waals surface area contributed by atoms with Crippen LogP contribution in [0, 0.1) is 0 Å². The van der Waals surface area contributed by atoms with Crippen LogP contribution < -0.4 is 5.30 Å². The smallest absolute Gasteiger partial charge is 0.305 e. The van der Waals surface area contributed by atoms with Crippen molar-refractivity contribution < 1.29 is 13.6 Å². The summed E-state index contributed by atoms with van der Waals surface area (Å²) in [5.74, 6) is 0. The summed E-state index contributed by atoms with van der Waals surface area (Å²) in [5.41, 5.74) is 2.19. The fourth-order valence-corrected chi connectivity index (χ4v) is 3.84. The molecule has 0 heterocycles. The maximum Gasteiger partial charge on any atom is 0.361 e. The van der Waals surface area contributed by atoms with Crippen molar-refractivity contribution in [3.05, 3.63) is 29.3 Å². The first-order valence-electron chi connectivity index (χ1n) is 6.62. The highest BCUT2D eigenvalue weighted by Crippen LogP contribution is 2.47. The third-order valence-corrected chi connectivity index (χ3v) is 5.03. The molecule has 0 N–H and O–H groups in total. The summed E-state index contributed by atoms with van der Waals surface area (Å²) in [4.78, 5) is 0. The van der Waals surface area contributed by atoms with Gasteiger partial charge in [-0.15, -0.1) is 0 Å². The lowest BCUT2D eigenvalue weighted by Gasteiger charge is -2.20. The van der Waals surface area contributed by atoms with E-state index in [2.05, 4.69) is 13.0 Å². The lowest BCUT2D eigenvalue weighted by atomic mass is 10.1. The minimum Gasteiger partial charge on any atom is -0.305 e. The van der Waals surface area contributed by atoms with E-state index in [0.717, 1.165) is 29.3 Å². The van der Waals surface area contributed by atoms with Gasteiger partial charge in [0.05, 0.1) is 18.5 Å². The van der Waals surface area contributed by atoms with Gasteiger partial charge in [-0.25, -0.2) is 0 Å². The van der Waals surface area contributed by atoms with E-state index in [1.807, 2.05) is 32.9 Å². The van der Waals surface area contributed by atoms with E-state index in [1.165, 1.54) is 0 Å². The summed E-state index contributed by atoms with van der Waals surface area (Å²) >= 11 is 0. The number of hydrogen-bond donors (Lipinski definition) is 0. The molecule has 0 radical (unpaired) electrons. The molecular weight excluding hydrogens is 247 g/mol. The van der Waals surface area contributed by atoms with Crippen molar-refractivity contribution in [3.8, 4) is 0 Å². The van der Waals surface area contributed by atoms with E-state index in [4.69, 9.17) is 9.05 Å². The van der Waals surface area contributed by atoms with Gasteiger partial charge >= 0.3 is 7.60 Å². The van der Waals surface area contributed by atoms with Gasteiger partial charge in [-0.1, -0.05) is 26.0 Å². The van der Waals surface area contributed by atoms with E-state index >= 15 is 0 Å². The van der Waals surface area contributed by atoms with Crippen LogP contribution in [0.5, 0.6) is 0 Å². The lowest BCUT2D eigenvalue weighted by Crippen LogP contribution is -2.16. The summed E-state index contributed by atoms with van der Waals surface area (Å²) in [6.45, 7) is 8.57. The Morgan fingerprint density at radius 3 is 2.06 bits per heavy atom. The summed E-state index contributed by atoms with van der Waals surface area (Å²) in [6.07, 6.45) is 1.73. The van der Waals surface area contributed by atoms with E-state index < -0.39 is 7.60 Å². The number of hydrogen-bond acceptors (Lipinski definition) is 3. The molecule has 1 rings (SSSR count). The van der Waals surface area contributed by atoms with Gasteiger partial charge in [0.15, 0.2) is 0 Å². The van der Waals surface area contributed by atoms with Gasteiger partial charge in [0, 0.05) is 0 Å². The molecule has 0 unspecified atom stereocenters. The standard InChI is InChI=1S/C14H23O3P/c1-5-12-9-10-13(6-2)14(11-12)18(15,16-7-3)17-8-4/h9-11H,5-8H2,1-4H3. The Morgan fingerprint density at radius 2 is 1.61 bits per heavy atom. The van der Waals surface area contributed by atoms with Crippen LogP contribution in [0.4, 0.5) is 0 Å². The minimum absolute atomic E-state index is 0.386. The van der Waals surface area contributed by atoms with Crippen molar-refractivity contribution in [1.82, 2.24) is 0 Å². The molecule has 0 saturated carbocycles. The molecule has 0 amide bonds. The van der Waals surface area contributed by atoms with Crippen molar-refractivity contribution >= 4 is 12.9 Å². The van der Waals surface area contributed by atoms with Crippen molar-refractivity contribution in [2.24, 2.45) is 0 Å². The molecule has 0 aliphatic rings. The zero-order chi connectivity index (χ0) is 13.6. The second-order valence-corrected chi connectivity index (χ2v) is 6.00. The molecule has 0 saturated heterocycles. The average Bonchev–Trinajstić information content (AvgIpc) is 2.38. The second kappa shape index (κ2) is 7.08. The Kier molecular flexibility index (Phi) is 6.07. The number of benzene rings is 1. The van der Waals surface area contributed by atoms with Crippen LogP contribution >= 0.6 is 7.60 Å². The Bertz CT molecular complexity index is 419. The van der Waals surface area contributed by atoms with Crippen LogP contribution in [0.1, 0.15) is 38.8 Å². The summed E-state index contributed by atoms with van der Waals surface area (Å²) in [5, 5.41) is 0.730. The summed E-state index contributed by atoms with van der Waals surface area (Å²) in [7, 11) is -3.17. The van der Waals surface area contributed by atoms with Crippen LogP contribution in [-0.4, -0.2) is 13.2 Å². The topological polar surface area (TPSA) is 35.5 Å². The molecule has 3 nitrogen and oxygen atoms in total. The Balaban J connectivity index is 3.28. The number of rotatable bonds is 7. The van der Waals surface area contributed by atoms with Crippen LogP contribution in [0.2, 0.25) is 0 Å². The first-order chi connectivity index (χ1) is 8.61. The highest BCUT2D eigenvalue weighted by Gasteiger charge is 2.29. The Hall–Kier alpha value is -0.630. The maximum atomic E-state index is 12.8.